The first-order chi connectivity index (χ1) is 10.1. The number of hydrogen-bond donors (Lipinski definition) is 3. The standard InChI is InChI=1S/C13H21BF2N2O4/c1-8(2)6-13(3,17)7-21-9-4-5-10(22-14(19)20)18-11(9)12(15)16/h4-5,8,12,19-20H,6-7,17H2,1-3H3/t13-/m1/s1. The third-order valence-electron chi connectivity index (χ3n) is 2.73. The second kappa shape index (κ2) is 7.71. The van der Waals surface area contributed by atoms with Crippen molar-refractivity contribution in [3.05, 3.63) is 17.8 Å². The molecule has 9 heteroatoms. The molecule has 6 nitrogen and oxygen atoms in total. The van der Waals surface area contributed by atoms with Crippen molar-refractivity contribution in [2.24, 2.45) is 11.7 Å². The summed E-state index contributed by atoms with van der Waals surface area (Å²) in [6.45, 7) is 5.84. The lowest BCUT2D eigenvalue weighted by Gasteiger charge is -2.27. The van der Waals surface area contributed by atoms with E-state index >= 15 is 0 Å². The smallest absolute Gasteiger partial charge is 0.498 e. The van der Waals surface area contributed by atoms with Gasteiger partial charge in [-0.15, -0.1) is 0 Å². The predicted molar refractivity (Wildman–Crippen MR) is 77.6 cm³/mol. The largest absolute Gasteiger partial charge is 0.708 e. The summed E-state index contributed by atoms with van der Waals surface area (Å²) in [6, 6.07) is 2.44. The van der Waals surface area contributed by atoms with E-state index in [0.29, 0.717) is 12.3 Å². The fraction of sp³-hybridized carbons (Fsp3) is 0.615. The highest BCUT2D eigenvalue weighted by Gasteiger charge is 2.24. The molecule has 0 aliphatic carbocycles. The highest BCUT2D eigenvalue weighted by atomic mass is 19.3. The minimum atomic E-state index is -2.90. The first-order valence-electron chi connectivity index (χ1n) is 6.84. The monoisotopic (exact) mass is 318 g/mol. The van der Waals surface area contributed by atoms with E-state index in [-0.39, 0.29) is 18.2 Å². The van der Waals surface area contributed by atoms with E-state index in [1.165, 1.54) is 12.1 Å². The van der Waals surface area contributed by atoms with Gasteiger partial charge in [0.1, 0.15) is 12.4 Å². The fourth-order valence-electron chi connectivity index (χ4n) is 2.13. The normalized spacial score (nSPS) is 14.1. The van der Waals surface area contributed by atoms with Gasteiger partial charge in [-0.2, -0.15) is 0 Å². The molecule has 1 rings (SSSR count). The Labute approximate surface area is 128 Å². The van der Waals surface area contributed by atoms with Crippen LogP contribution in [0.3, 0.4) is 0 Å². The number of pyridine rings is 1. The Morgan fingerprint density at radius 3 is 2.50 bits per heavy atom. The van der Waals surface area contributed by atoms with E-state index in [1.54, 1.807) is 6.92 Å². The van der Waals surface area contributed by atoms with Gasteiger partial charge in [0.2, 0.25) is 0 Å². The van der Waals surface area contributed by atoms with Crippen LogP contribution in [0, 0.1) is 5.92 Å². The maximum Gasteiger partial charge on any atom is 0.708 e. The van der Waals surface area contributed by atoms with Gasteiger partial charge in [0.25, 0.3) is 6.43 Å². The van der Waals surface area contributed by atoms with Crippen LogP contribution in [0.5, 0.6) is 11.6 Å². The van der Waals surface area contributed by atoms with Gasteiger partial charge in [0.15, 0.2) is 11.6 Å². The van der Waals surface area contributed by atoms with Crippen molar-refractivity contribution in [1.82, 2.24) is 4.98 Å². The molecule has 0 saturated carbocycles. The highest BCUT2D eigenvalue weighted by Crippen LogP contribution is 2.30. The number of hydrogen-bond acceptors (Lipinski definition) is 6. The van der Waals surface area contributed by atoms with Gasteiger partial charge < -0.3 is 25.2 Å². The molecule has 0 saturated heterocycles. The molecule has 1 heterocycles. The number of halogens is 2. The van der Waals surface area contributed by atoms with E-state index in [1.807, 2.05) is 13.8 Å². The van der Waals surface area contributed by atoms with E-state index in [2.05, 4.69) is 9.64 Å². The summed E-state index contributed by atoms with van der Waals surface area (Å²) in [5.74, 6) is -0.112. The molecule has 0 unspecified atom stereocenters. The minimum absolute atomic E-state index is 0.0510. The number of nitrogens with zero attached hydrogens (tertiary/aromatic N) is 1. The van der Waals surface area contributed by atoms with E-state index in [4.69, 9.17) is 20.5 Å². The molecule has 1 atom stereocenters. The summed E-state index contributed by atoms with van der Waals surface area (Å²) >= 11 is 0. The summed E-state index contributed by atoms with van der Waals surface area (Å²) in [5, 5.41) is 17.3. The Kier molecular flexibility index (Phi) is 6.52. The molecule has 0 spiro atoms. The first-order valence-corrected chi connectivity index (χ1v) is 6.84. The first kappa shape index (κ1) is 18.6. The topological polar surface area (TPSA) is 97.8 Å². The van der Waals surface area contributed by atoms with Crippen LogP contribution in [-0.2, 0) is 0 Å². The van der Waals surface area contributed by atoms with Crippen LogP contribution < -0.4 is 15.1 Å². The maximum absolute atomic E-state index is 13.0. The van der Waals surface area contributed by atoms with Crippen molar-refractivity contribution in [2.45, 2.75) is 39.2 Å². The second-order valence-electron chi connectivity index (χ2n) is 5.82. The van der Waals surface area contributed by atoms with Gasteiger partial charge >= 0.3 is 7.32 Å². The molecule has 0 bridgehead atoms. The Bertz CT molecular complexity index is 487. The molecule has 0 aliphatic heterocycles. The molecular formula is C13H21BF2N2O4. The Morgan fingerprint density at radius 1 is 1.36 bits per heavy atom. The molecule has 1 aromatic rings. The number of rotatable bonds is 8. The van der Waals surface area contributed by atoms with Gasteiger partial charge in [-0.25, -0.2) is 13.8 Å². The lowest BCUT2D eigenvalue weighted by Crippen LogP contribution is -2.43. The highest BCUT2D eigenvalue weighted by molar-refractivity contribution is 6.33. The summed E-state index contributed by atoms with van der Waals surface area (Å²) in [4.78, 5) is 3.52. The fourth-order valence-corrected chi connectivity index (χ4v) is 2.13. The van der Waals surface area contributed by atoms with Crippen LogP contribution in [0.15, 0.2) is 12.1 Å². The number of aromatic nitrogens is 1. The Balaban J connectivity index is 2.85. The molecule has 124 valence electrons. The molecule has 0 aliphatic rings. The van der Waals surface area contributed by atoms with Crippen LogP contribution in [0.4, 0.5) is 8.78 Å². The summed E-state index contributed by atoms with van der Waals surface area (Å²) in [6.07, 6.45) is -2.23. The van der Waals surface area contributed by atoms with Crippen molar-refractivity contribution in [3.63, 3.8) is 0 Å². The third kappa shape index (κ3) is 6.12. The number of nitrogens with two attached hydrogens (primary N) is 1. The van der Waals surface area contributed by atoms with E-state index in [0.717, 1.165) is 0 Å². The Hall–Kier alpha value is -1.45. The van der Waals surface area contributed by atoms with Gasteiger partial charge in [-0.1, -0.05) is 13.8 Å². The molecule has 0 amide bonds. The average molecular weight is 318 g/mol. The summed E-state index contributed by atoms with van der Waals surface area (Å²) in [7, 11) is -2.14. The lowest BCUT2D eigenvalue weighted by molar-refractivity contribution is 0.133. The van der Waals surface area contributed by atoms with Gasteiger partial charge in [-0.05, 0) is 25.3 Å². The Morgan fingerprint density at radius 2 is 2.00 bits per heavy atom. The number of alkyl halides is 2. The zero-order valence-electron chi connectivity index (χ0n) is 12.8. The summed E-state index contributed by atoms with van der Waals surface area (Å²) in [5.41, 5.74) is 4.76. The van der Waals surface area contributed by atoms with E-state index < -0.39 is 25.0 Å². The van der Waals surface area contributed by atoms with Crippen LogP contribution in [-0.4, -0.2) is 34.5 Å². The quantitative estimate of drug-likeness (QED) is 0.629. The van der Waals surface area contributed by atoms with Gasteiger partial charge in [-0.3, -0.25) is 0 Å². The molecule has 4 N–H and O–H groups in total. The van der Waals surface area contributed by atoms with Crippen LogP contribution in [0.2, 0.25) is 0 Å². The minimum Gasteiger partial charge on any atom is -0.498 e. The molecule has 0 radical (unpaired) electrons. The van der Waals surface area contributed by atoms with Gasteiger partial charge in [0, 0.05) is 11.6 Å². The molecular weight excluding hydrogens is 297 g/mol. The maximum atomic E-state index is 13.0. The number of ether oxygens (including phenoxy) is 1. The third-order valence-corrected chi connectivity index (χ3v) is 2.73. The predicted octanol–water partition coefficient (Wildman–Crippen LogP) is 1.51. The molecule has 1 aromatic heterocycles. The average Bonchev–Trinajstić information content (AvgIpc) is 2.34. The van der Waals surface area contributed by atoms with Gasteiger partial charge in [0.05, 0.1) is 0 Å². The van der Waals surface area contributed by atoms with E-state index in [9.17, 15) is 8.78 Å². The van der Waals surface area contributed by atoms with Crippen molar-refractivity contribution < 1.29 is 28.2 Å². The van der Waals surface area contributed by atoms with Crippen LogP contribution >= 0.6 is 0 Å². The second-order valence-corrected chi connectivity index (χ2v) is 5.82. The van der Waals surface area contributed by atoms with Crippen LogP contribution in [0.25, 0.3) is 0 Å². The SMILES string of the molecule is CC(C)C[C@@](C)(N)COc1ccc(OB(O)O)nc1C(F)F. The van der Waals surface area contributed by atoms with Crippen molar-refractivity contribution in [1.29, 1.82) is 0 Å². The molecule has 0 fully saturated rings. The van der Waals surface area contributed by atoms with Crippen LogP contribution in [0.1, 0.15) is 39.3 Å². The van der Waals surface area contributed by atoms with Crippen molar-refractivity contribution in [2.75, 3.05) is 6.61 Å². The summed E-state index contributed by atoms with van der Waals surface area (Å²) < 4.78 is 35.9. The molecule has 0 aromatic carbocycles. The van der Waals surface area contributed by atoms with Crippen molar-refractivity contribution >= 4 is 7.32 Å². The zero-order chi connectivity index (χ0) is 16.9. The zero-order valence-corrected chi connectivity index (χ0v) is 12.8. The van der Waals surface area contributed by atoms with Crippen molar-refractivity contribution in [3.8, 4) is 11.6 Å². The lowest BCUT2D eigenvalue weighted by atomic mass is 9.93. The molecule has 22 heavy (non-hydrogen) atoms.